The summed E-state index contributed by atoms with van der Waals surface area (Å²) in [4.78, 5) is 0. The van der Waals surface area contributed by atoms with Gasteiger partial charge in [-0.25, -0.2) is 0 Å². The quantitative estimate of drug-likeness (QED) is 0.261. The molecule has 0 fully saturated rings. The van der Waals surface area contributed by atoms with Gasteiger partial charge >= 0.3 is 0 Å². The van der Waals surface area contributed by atoms with Crippen LogP contribution in [-0.2, 0) is 13.3 Å². The molecule has 0 atom stereocenters. The Kier molecular flexibility index (Phi) is 11.7. The maximum atomic E-state index is 5.71. The van der Waals surface area contributed by atoms with Crippen LogP contribution in [0.2, 0.25) is 6.04 Å². The van der Waals surface area contributed by atoms with Crippen LogP contribution in [0.15, 0.2) is 35.2 Å². The van der Waals surface area contributed by atoms with E-state index in [2.05, 4.69) is 45.7 Å². The molecule has 0 aliphatic heterocycles. The summed E-state index contributed by atoms with van der Waals surface area (Å²) in [5.41, 5.74) is 6.92. The molecule has 3 nitrogen and oxygen atoms in total. The Labute approximate surface area is 118 Å². The van der Waals surface area contributed by atoms with Gasteiger partial charge in [0, 0.05) is 0 Å². The van der Waals surface area contributed by atoms with E-state index in [0.29, 0.717) is 0 Å². The summed E-state index contributed by atoms with van der Waals surface area (Å²) in [7, 11) is -1.95. The van der Waals surface area contributed by atoms with Crippen molar-refractivity contribution in [3.05, 3.63) is 35.2 Å². The molecule has 0 saturated carbocycles. The first-order valence-electron chi connectivity index (χ1n) is 6.28. The Balaban J connectivity index is 4.02. The summed E-state index contributed by atoms with van der Waals surface area (Å²) in [5, 5.41) is 0. The number of hydrogen-bond acceptors (Lipinski definition) is 3. The molecule has 104 valence electrons. The highest BCUT2D eigenvalue weighted by molar-refractivity contribution is 6.36. The fourth-order valence-corrected chi connectivity index (χ4v) is 3.80. The maximum Gasteiger partial charge on any atom is 0.242 e. The zero-order valence-corrected chi connectivity index (χ0v) is 16.3. The van der Waals surface area contributed by atoms with Gasteiger partial charge in [-0.15, -0.1) is 6.58 Å². The van der Waals surface area contributed by atoms with Crippen LogP contribution in [0.1, 0.15) is 27.7 Å². The molecule has 0 N–H and O–H groups in total. The second-order valence-corrected chi connectivity index (χ2v) is 7.94. The van der Waals surface area contributed by atoms with Crippen molar-refractivity contribution in [2.24, 2.45) is 0 Å². The summed E-state index contributed by atoms with van der Waals surface area (Å²) < 4.78 is 17.1. The molecule has 0 heterocycles. The van der Waals surface area contributed by atoms with Crippen LogP contribution in [0, 0.1) is 0 Å². The molecule has 0 radical (unpaired) electrons. The Hall–Kier alpha value is -0.249. The molecule has 0 spiro atoms. The minimum Gasteiger partial charge on any atom is -0.380 e. The Morgan fingerprint density at radius 2 is 1.50 bits per heavy atom. The minimum absolute atomic E-state index is 0.429. The topological polar surface area (TPSA) is 27.7 Å². The minimum atomic E-state index is -0.679. The monoisotopic (exact) mass is 302 g/mol. The van der Waals surface area contributed by atoms with E-state index in [1.54, 1.807) is 0 Å². The van der Waals surface area contributed by atoms with E-state index in [1.807, 2.05) is 6.08 Å². The molecule has 0 amide bonds. The molecule has 0 aromatic heterocycles. The first-order valence-corrected chi connectivity index (χ1v) is 10.6. The molecule has 0 unspecified atom stereocenters. The molecule has 0 bridgehead atoms. The van der Waals surface area contributed by atoms with Gasteiger partial charge < -0.3 is 13.3 Å². The maximum absolute atomic E-state index is 5.71. The van der Waals surface area contributed by atoms with Crippen molar-refractivity contribution < 1.29 is 13.3 Å². The first kappa shape index (κ1) is 17.8. The van der Waals surface area contributed by atoms with Crippen LogP contribution in [0.3, 0.4) is 0 Å². The molecule has 18 heavy (non-hydrogen) atoms. The van der Waals surface area contributed by atoms with E-state index >= 15 is 0 Å². The van der Waals surface area contributed by atoms with E-state index in [0.717, 1.165) is 6.04 Å². The van der Waals surface area contributed by atoms with Crippen LogP contribution < -0.4 is 0 Å². The van der Waals surface area contributed by atoms with Crippen molar-refractivity contribution in [1.29, 1.82) is 0 Å². The SMILES string of the molecule is C=CC[SiH2]OC(O[SiH2]C=C(C)C)O[SiH2]C=C(C)C. The lowest BCUT2D eigenvalue weighted by Crippen LogP contribution is -2.25. The van der Waals surface area contributed by atoms with Gasteiger partial charge in [0.2, 0.25) is 6.48 Å². The predicted octanol–water partition coefficient (Wildman–Crippen LogP) is 1.02. The van der Waals surface area contributed by atoms with Crippen LogP contribution in [0.25, 0.3) is 0 Å². The van der Waals surface area contributed by atoms with Crippen molar-refractivity contribution >= 4 is 29.3 Å². The lowest BCUT2D eigenvalue weighted by atomic mass is 10.4. The molecule has 0 aliphatic carbocycles. The van der Waals surface area contributed by atoms with Crippen molar-refractivity contribution in [3.63, 3.8) is 0 Å². The van der Waals surface area contributed by atoms with Gasteiger partial charge in [0.25, 0.3) is 0 Å². The highest BCUT2D eigenvalue weighted by Crippen LogP contribution is 1.99. The third-order valence-electron chi connectivity index (χ3n) is 2.02. The summed E-state index contributed by atoms with van der Waals surface area (Å²) in [6.07, 6.45) is 1.89. The number of allylic oxidation sites excluding steroid dienone is 3. The largest absolute Gasteiger partial charge is 0.380 e. The van der Waals surface area contributed by atoms with Crippen molar-refractivity contribution in [2.75, 3.05) is 0 Å². The predicted molar refractivity (Wildman–Crippen MR) is 86.5 cm³/mol. The molecule has 0 saturated heterocycles. The molecule has 0 rings (SSSR count). The zero-order valence-electron chi connectivity index (χ0n) is 12.1. The first-order chi connectivity index (χ1) is 8.56. The lowest BCUT2D eigenvalue weighted by molar-refractivity contribution is -0.138. The summed E-state index contributed by atoms with van der Waals surface area (Å²) in [5.74, 6) is 0. The van der Waals surface area contributed by atoms with Gasteiger partial charge in [-0.1, -0.05) is 28.6 Å². The standard InChI is InChI=1S/C12H26O3Si3/c1-6-7-16-13-12(14-17-8-10(2)3)15-18-9-11(4)5/h6,8-9,12H,1,7,16-18H2,2-5H3. The van der Waals surface area contributed by atoms with Crippen LogP contribution >= 0.6 is 0 Å². The van der Waals surface area contributed by atoms with E-state index in [4.69, 9.17) is 13.3 Å². The van der Waals surface area contributed by atoms with Gasteiger partial charge in [0.1, 0.15) is 0 Å². The molecule has 6 heteroatoms. The fraction of sp³-hybridized carbons (Fsp3) is 0.500. The molecular weight excluding hydrogens is 276 g/mol. The van der Waals surface area contributed by atoms with Gasteiger partial charge in [0.15, 0.2) is 29.3 Å². The van der Waals surface area contributed by atoms with E-state index in [9.17, 15) is 0 Å². The zero-order chi connectivity index (χ0) is 13.8. The van der Waals surface area contributed by atoms with Crippen LogP contribution in [-0.4, -0.2) is 35.8 Å². The van der Waals surface area contributed by atoms with Crippen molar-refractivity contribution in [2.45, 2.75) is 40.2 Å². The second-order valence-electron chi connectivity index (χ2n) is 4.47. The average Bonchev–Trinajstić information content (AvgIpc) is 2.27. The van der Waals surface area contributed by atoms with E-state index < -0.39 is 35.8 Å². The third kappa shape index (κ3) is 12.2. The average molecular weight is 303 g/mol. The second kappa shape index (κ2) is 11.8. The van der Waals surface area contributed by atoms with Crippen LogP contribution in [0.4, 0.5) is 0 Å². The van der Waals surface area contributed by atoms with E-state index in [1.165, 1.54) is 11.1 Å². The van der Waals surface area contributed by atoms with Gasteiger partial charge in [-0.3, -0.25) is 0 Å². The third-order valence-corrected chi connectivity index (χ3v) is 6.07. The van der Waals surface area contributed by atoms with Gasteiger partial charge in [-0.05, 0) is 33.7 Å². The summed E-state index contributed by atoms with van der Waals surface area (Å²) >= 11 is 0. The number of rotatable bonds is 10. The highest BCUT2D eigenvalue weighted by Gasteiger charge is 2.07. The molecular formula is C12H26O3Si3. The number of hydrogen-bond donors (Lipinski definition) is 0. The Bertz CT molecular complexity index is 260. The fourth-order valence-electron chi connectivity index (χ4n) is 0.979. The Morgan fingerprint density at radius 3 is 1.89 bits per heavy atom. The van der Waals surface area contributed by atoms with Gasteiger partial charge in [0.05, 0.1) is 0 Å². The molecule has 0 aromatic rings. The smallest absolute Gasteiger partial charge is 0.242 e. The molecule has 0 aliphatic rings. The summed E-state index contributed by atoms with van der Waals surface area (Å²) in [6, 6.07) is 0.956. The normalized spacial score (nSPS) is 13.8. The van der Waals surface area contributed by atoms with Gasteiger partial charge in [-0.2, -0.15) is 0 Å². The van der Waals surface area contributed by atoms with Crippen molar-refractivity contribution in [1.82, 2.24) is 0 Å². The van der Waals surface area contributed by atoms with Crippen LogP contribution in [0.5, 0.6) is 0 Å². The Morgan fingerprint density at radius 1 is 1.00 bits per heavy atom. The lowest BCUT2D eigenvalue weighted by Gasteiger charge is -2.18. The summed E-state index contributed by atoms with van der Waals surface area (Å²) in [6.45, 7) is 11.6. The highest BCUT2D eigenvalue weighted by atomic mass is 28.2. The molecule has 0 aromatic carbocycles. The van der Waals surface area contributed by atoms with Crippen molar-refractivity contribution in [3.8, 4) is 0 Å². The van der Waals surface area contributed by atoms with E-state index in [-0.39, 0.29) is 0 Å².